The predicted octanol–water partition coefficient (Wildman–Crippen LogP) is 3.28. The van der Waals surface area contributed by atoms with Crippen LogP contribution in [-0.2, 0) is 11.2 Å². The minimum atomic E-state index is -0.355. The summed E-state index contributed by atoms with van der Waals surface area (Å²) in [7, 11) is 1.69. The SMILES string of the molecule is CCC(CNCCOC)Cc1ccc(F)c(Cl)c1. The second kappa shape index (κ2) is 8.46. The van der Waals surface area contributed by atoms with E-state index in [1.165, 1.54) is 6.07 Å². The van der Waals surface area contributed by atoms with Gasteiger partial charge in [0.05, 0.1) is 11.6 Å². The Morgan fingerprint density at radius 3 is 2.83 bits per heavy atom. The maximum absolute atomic E-state index is 13.0. The van der Waals surface area contributed by atoms with Gasteiger partial charge in [-0.2, -0.15) is 0 Å². The lowest BCUT2D eigenvalue weighted by molar-refractivity contribution is 0.197. The van der Waals surface area contributed by atoms with Gasteiger partial charge in [-0.1, -0.05) is 31.0 Å². The number of halogens is 2. The minimum absolute atomic E-state index is 0.203. The van der Waals surface area contributed by atoms with Gasteiger partial charge in [-0.3, -0.25) is 0 Å². The van der Waals surface area contributed by atoms with Crippen molar-refractivity contribution >= 4 is 11.6 Å². The molecule has 1 N–H and O–H groups in total. The molecular formula is C14H21ClFNO. The molecule has 0 amide bonds. The van der Waals surface area contributed by atoms with Crippen LogP contribution in [0.3, 0.4) is 0 Å². The lowest BCUT2D eigenvalue weighted by atomic mass is 9.97. The lowest BCUT2D eigenvalue weighted by Gasteiger charge is -2.16. The Kier molecular flexibility index (Phi) is 7.25. The first-order valence-electron chi connectivity index (χ1n) is 6.31. The van der Waals surface area contributed by atoms with Crippen LogP contribution < -0.4 is 5.32 Å². The molecule has 0 aliphatic carbocycles. The van der Waals surface area contributed by atoms with E-state index in [9.17, 15) is 4.39 Å². The monoisotopic (exact) mass is 273 g/mol. The molecule has 1 rings (SSSR count). The molecule has 1 atom stereocenters. The van der Waals surface area contributed by atoms with Gasteiger partial charge < -0.3 is 10.1 Å². The minimum Gasteiger partial charge on any atom is -0.383 e. The third kappa shape index (κ3) is 5.34. The molecule has 1 unspecified atom stereocenters. The van der Waals surface area contributed by atoms with E-state index in [0.717, 1.165) is 38.1 Å². The normalized spacial score (nSPS) is 12.7. The predicted molar refractivity (Wildman–Crippen MR) is 73.6 cm³/mol. The summed E-state index contributed by atoms with van der Waals surface area (Å²) in [6, 6.07) is 4.95. The van der Waals surface area contributed by atoms with E-state index in [1.54, 1.807) is 19.2 Å². The molecule has 0 saturated carbocycles. The van der Waals surface area contributed by atoms with Crippen molar-refractivity contribution < 1.29 is 9.13 Å². The zero-order valence-electron chi connectivity index (χ0n) is 11.0. The molecule has 0 aliphatic heterocycles. The van der Waals surface area contributed by atoms with Crippen LogP contribution in [-0.4, -0.2) is 26.8 Å². The zero-order valence-corrected chi connectivity index (χ0v) is 11.8. The molecule has 0 spiro atoms. The summed E-state index contributed by atoms with van der Waals surface area (Å²) in [6.07, 6.45) is 1.99. The molecule has 0 bridgehead atoms. The Bertz CT molecular complexity index is 360. The topological polar surface area (TPSA) is 21.3 Å². The molecule has 4 heteroatoms. The van der Waals surface area contributed by atoms with E-state index >= 15 is 0 Å². The summed E-state index contributed by atoms with van der Waals surface area (Å²) in [5, 5.41) is 3.55. The van der Waals surface area contributed by atoms with Gasteiger partial charge in [0.1, 0.15) is 5.82 Å². The molecule has 0 fully saturated rings. The zero-order chi connectivity index (χ0) is 13.4. The summed E-state index contributed by atoms with van der Waals surface area (Å²) in [5.74, 6) is 0.176. The van der Waals surface area contributed by atoms with Crippen LogP contribution in [0.2, 0.25) is 5.02 Å². The Morgan fingerprint density at radius 2 is 2.22 bits per heavy atom. The maximum atomic E-state index is 13.0. The molecule has 0 heterocycles. The van der Waals surface area contributed by atoms with Crippen molar-refractivity contribution in [2.75, 3.05) is 26.8 Å². The summed E-state index contributed by atoms with van der Waals surface area (Å²) in [4.78, 5) is 0. The van der Waals surface area contributed by atoms with E-state index < -0.39 is 0 Å². The first-order chi connectivity index (χ1) is 8.67. The van der Waals surface area contributed by atoms with Crippen LogP contribution in [0, 0.1) is 11.7 Å². The largest absolute Gasteiger partial charge is 0.383 e. The smallest absolute Gasteiger partial charge is 0.141 e. The third-order valence-corrected chi connectivity index (χ3v) is 3.29. The highest BCUT2D eigenvalue weighted by atomic mass is 35.5. The molecule has 18 heavy (non-hydrogen) atoms. The van der Waals surface area contributed by atoms with Crippen LogP contribution >= 0.6 is 11.6 Å². The van der Waals surface area contributed by atoms with Gasteiger partial charge in [0.15, 0.2) is 0 Å². The van der Waals surface area contributed by atoms with E-state index in [-0.39, 0.29) is 10.8 Å². The number of ether oxygens (including phenoxy) is 1. The Hall–Kier alpha value is -0.640. The summed E-state index contributed by atoms with van der Waals surface area (Å²) >= 11 is 5.78. The summed E-state index contributed by atoms with van der Waals surface area (Å²) in [6.45, 7) is 4.68. The van der Waals surface area contributed by atoms with Crippen molar-refractivity contribution in [2.45, 2.75) is 19.8 Å². The highest BCUT2D eigenvalue weighted by molar-refractivity contribution is 6.30. The van der Waals surface area contributed by atoms with Gasteiger partial charge in [0.2, 0.25) is 0 Å². The van der Waals surface area contributed by atoms with E-state index in [0.29, 0.717) is 5.92 Å². The first-order valence-corrected chi connectivity index (χ1v) is 6.68. The first kappa shape index (κ1) is 15.4. The van der Waals surface area contributed by atoms with Crippen LogP contribution in [0.4, 0.5) is 4.39 Å². The number of nitrogens with one attached hydrogen (secondary N) is 1. The van der Waals surface area contributed by atoms with Crippen LogP contribution in [0.1, 0.15) is 18.9 Å². The second-order valence-electron chi connectivity index (χ2n) is 4.42. The maximum Gasteiger partial charge on any atom is 0.141 e. The van der Waals surface area contributed by atoms with Gasteiger partial charge in [-0.05, 0) is 36.6 Å². The Morgan fingerprint density at radius 1 is 1.44 bits per heavy atom. The van der Waals surface area contributed by atoms with Gasteiger partial charge in [-0.25, -0.2) is 4.39 Å². The quantitative estimate of drug-likeness (QED) is 0.734. The Balaban J connectivity index is 2.44. The summed E-state index contributed by atoms with van der Waals surface area (Å²) in [5.41, 5.74) is 1.08. The van der Waals surface area contributed by atoms with E-state index in [1.807, 2.05) is 0 Å². The fourth-order valence-corrected chi connectivity index (χ4v) is 2.04. The Labute approximate surface area is 113 Å². The highest BCUT2D eigenvalue weighted by Gasteiger charge is 2.09. The van der Waals surface area contributed by atoms with Crippen LogP contribution in [0.15, 0.2) is 18.2 Å². The van der Waals surface area contributed by atoms with Crippen molar-refractivity contribution in [3.05, 3.63) is 34.6 Å². The number of benzene rings is 1. The van der Waals surface area contributed by atoms with Crippen molar-refractivity contribution in [1.29, 1.82) is 0 Å². The fourth-order valence-electron chi connectivity index (χ4n) is 1.84. The lowest BCUT2D eigenvalue weighted by Crippen LogP contribution is -2.27. The molecule has 0 saturated heterocycles. The van der Waals surface area contributed by atoms with Crippen LogP contribution in [0.25, 0.3) is 0 Å². The third-order valence-electron chi connectivity index (χ3n) is 3.00. The molecule has 102 valence electrons. The molecule has 0 aromatic heterocycles. The molecule has 1 aromatic carbocycles. The fraction of sp³-hybridized carbons (Fsp3) is 0.571. The number of hydrogen-bond acceptors (Lipinski definition) is 2. The molecule has 1 aromatic rings. The molecule has 0 aliphatic rings. The molecule has 0 radical (unpaired) electrons. The van der Waals surface area contributed by atoms with Crippen molar-refractivity contribution in [3.8, 4) is 0 Å². The number of rotatable bonds is 8. The highest BCUT2D eigenvalue weighted by Crippen LogP contribution is 2.19. The van der Waals surface area contributed by atoms with Crippen molar-refractivity contribution in [2.24, 2.45) is 5.92 Å². The van der Waals surface area contributed by atoms with Crippen molar-refractivity contribution in [3.63, 3.8) is 0 Å². The van der Waals surface area contributed by atoms with Gasteiger partial charge >= 0.3 is 0 Å². The number of hydrogen-bond donors (Lipinski definition) is 1. The standard InChI is InChI=1S/C14H21ClFNO/c1-3-11(10-17-6-7-18-2)8-12-4-5-14(16)13(15)9-12/h4-5,9,11,17H,3,6-8,10H2,1-2H3. The van der Waals surface area contributed by atoms with E-state index in [4.69, 9.17) is 16.3 Å². The average molecular weight is 274 g/mol. The average Bonchev–Trinajstić information content (AvgIpc) is 2.37. The van der Waals surface area contributed by atoms with Gasteiger partial charge in [0, 0.05) is 13.7 Å². The molecular weight excluding hydrogens is 253 g/mol. The van der Waals surface area contributed by atoms with Gasteiger partial charge in [-0.15, -0.1) is 0 Å². The second-order valence-corrected chi connectivity index (χ2v) is 4.83. The van der Waals surface area contributed by atoms with E-state index in [2.05, 4.69) is 12.2 Å². The van der Waals surface area contributed by atoms with Crippen molar-refractivity contribution in [1.82, 2.24) is 5.32 Å². The van der Waals surface area contributed by atoms with Crippen LogP contribution in [0.5, 0.6) is 0 Å². The number of methoxy groups -OCH3 is 1. The summed E-state index contributed by atoms with van der Waals surface area (Å²) < 4.78 is 18.0. The van der Waals surface area contributed by atoms with Gasteiger partial charge in [0.25, 0.3) is 0 Å². The molecule has 2 nitrogen and oxygen atoms in total.